The first-order chi connectivity index (χ1) is 13.2. The van der Waals surface area contributed by atoms with Crippen molar-refractivity contribution in [1.82, 2.24) is 15.1 Å². The molecule has 0 saturated carbocycles. The predicted molar refractivity (Wildman–Crippen MR) is 106 cm³/mol. The third-order valence-electron chi connectivity index (χ3n) is 4.64. The monoisotopic (exact) mass is 366 g/mol. The van der Waals surface area contributed by atoms with Gasteiger partial charge in [-0.3, -0.25) is 14.5 Å². The summed E-state index contributed by atoms with van der Waals surface area (Å²) in [6.07, 6.45) is 0. The number of rotatable bonds is 7. The number of benzene rings is 2. The fourth-order valence-corrected chi connectivity index (χ4v) is 3.06. The molecular formula is C21H26N4O2. The van der Waals surface area contributed by atoms with Crippen molar-refractivity contribution in [2.24, 2.45) is 0 Å². The van der Waals surface area contributed by atoms with Gasteiger partial charge in [-0.25, -0.2) is 0 Å². The van der Waals surface area contributed by atoms with E-state index in [1.807, 2.05) is 65.6 Å². The Morgan fingerprint density at radius 2 is 1.48 bits per heavy atom. The van der Waals surface area contributed by atoms with Crippen LogP contribution in [0.5, 0.6) is 0 Å². The van der Waals surface area contributed by atoms with Crippen LogP contribution in [-0.2, 0) is 16.1 Å². The molecule has 1 aliphatic heterocycles. The maximum atomic E-state index is 12.3. The minimum Gasteiger partial charge on any atom is -0.376 e. The van der Waals surface area contributed by atoms with E-state index in [1.165, 1.54) is 0 Å². The van der Waals surface area contributed by atoms with Gasteiger partial charge in [-0.2, -0.15) is 0 Å². The second-order valence-corrected chi connectivity index (χ2v) is 6.64. The molecule has 1 heterocycles. The Morgan fingerprint density at radius 1 is 0.852 bits per heavy atom. The van der Waals surface area contributed by atoms with Crippen molar-refractivity contribution in [3.8, 4) is 0 Å². The normalized spacial score (nSPS) is 14.6. The Bertz CT molecular complexity index is 728. The third kappa shape index (κ3) is 6.11. The average Bonchev–Trinajstić information content (AvgIpc) is 2.72. The third-order valence-corrected chi connectivity index (χ3v) is 4.64. The first-order valence-electron chi connectivity index (χ1n) is 9.30. The van der Waals surface area contributed by atoms with Crippen LogP contribution < -0.4 is 10.6 Å². The molecule has 0 atom stereocenters. The van der Waals surface area contributed by atoms with Crippen LogP contribution in [0.15, 0.2) is 60.7 Å². The van der Waals surface area contributed by atoms with Crippen LogP contribution in [0.1, 0.15) is 5.56 Å². The lowest BCUT2D eigenvalue weighted by molar-refractivity contribution is -0.131. The highest BCUT2D eigenvalue weighted by atomic mass is 16.2. The van der Waals surface area contributed by atoms with Gasteiger partial charge in [-0.15, -0.1) is 0 Å². The molecule has 0 aromatic heterocycles. The summed E-state index contributed by atoms with van der Waals surface area (Å²) in [7, 11) is 0. The van der Waals surface area contributed by atoms with E-state index in [0.717, 1.165) is 24.3 Å². The van der Waals surface area contributed by atoms with Crippen LogP contribution in [0.4, 0.5) is 5.69 Å². The van der Waals surface area contributed by atoms with E-state index in [4.69, 9.17) is 0 Å². The highest BCUT2D eigenvalue weighted by Gasteiger charge is 2.22. The molecule has 0 aliphatic carbocycles. The number of nitrogens with one attached hydrogen (secondary N) is 2. The van der Waals surface area contributed by atoms with E-state index in [2.05, 4.69) is 15.5 Å². The Balaban J connectivity index is 1.34. The van der Waals surface area contributed by atoms with Crippen LogP contribution in [0.3, 0.4) is 0 Å². The lowest BCUT2D eigenvalue weighted by atomic mass is 10.2. The number of carbonyl (C=O) groups is 2. The van der Waals surface area contributed by atoms with Crippen LogP contribution >= 0.6 is 0 Å². The summed E-state index contributed by atoms with van der Waals surface area (Å²) in [6, 6.07) is 19.6. The largest absolute Gasteiger partial charge is 0.376 e. The summed E-state index contributed by atoms with van der Waals surface area (Å²) in [5.41, 5.74) is 2.03. The Kier molecular flexibility index (Phi) is 6.82. The van der Waals surface area contributed by atoms with Gasteiger partial charge in [0.1, 0.15) is 0 Å². The quantitative estimate of drug-likeness (QED) is 0.781. The van der Waals surface area contributed by atoms with Crippen molar-refractivity contribution >= 4 is 17.5 Å². The van der Waals surface area contributed by atoms with Gasteiger partial charge in [0.15, 0.2) is 0 Å². The number of piperazine rings is 1. The molecule has 2 N–H and O–H groups in total. The molecule has 1 fully saturated rings. The second kappa shape index (κ2) is 9.73. The Hall–Kier alpha value is -2.86. The number of anilines is 1. The molecule has 1 aliphatic rings. The van der Waals surface area contributed by atoms with Crippen molar-refractivity contribution in [2.45, 2.75) is 6.54 Å². The maximum Gasteiger partial charge on any atom is 0.241 e. The fraction of sp³-hybridized carbons (Fsp3) is 0.333. The van der Waals surface area contributed by atoms with Crippen LogP contribution in [-0.4, -0.2) is 60.9 Å². The van der Waals surface area contributed by atoms with Gasteiger partial charge in [0.2, 0.25) is 11.8 Å². The van der Waals surface area contributed by atoms with Gasteiger partial charge in [0, 0.05) is 38.4 Å². The fourth-order valence-electron chi connectivity index (χ4n) is 3.06. The number of carbonyl (C=O) groups excluding carboxylic acids is 2. The smallest absolute Gasteiger partial charge is 0.241 e. The van der Waals surface area contributed by atoms with Crippen molar-refractivity contribution in [1.29, 1.82) is 0 Å². The number of hydrogen-bond acceptors (Lipinski definition) is 4. The lowest BCUT2D eigenvalue weighted by Crippen LogP contribution is -2.52. The summed E-state index contributed by atoms with van der Waals surface area (Å²) in [6.45, 7) is 3.95. The molecule has 142 valence electrons. The topological polar surface area (TPSA) is 64.7 Å². The second-order valence-electron chi connectivity index (χ2n) is 6.64. The van der Waals surface area contributed by atoms with Gasteiger partial charge in [0.25, 0.3) is 0 Å². The SMILES string of the molecule is O=C(CN1CCN(C(=O)CNc2ccccc2)CC1)NCc1ccccc1. The first kappa shape index (κ1) is 18.9. The summed E-state index contributed by atoms with van der Waals surface area (Å²) >= 11 is 0. The van der Waals surface area contributed by atoms with Gasteiger partial charge in [-0.05, 0) is 17.7 Å². The molecule has 0 spiro atoms. The van der Waals surface area contributed by atoms with Crippen molar-refractivity contribution in [3.63, 3.8) is 0 Å². The molecule has 27 heavy (non-hydrogen) atoms. The van der Waals surface area contributed by atoms with Gasteiger partial charge < -0.3 is 15.5 Å². The van der Waals surface area contributed by atoms with E-state index in [0.29, 0.717) is 32.7 Å². The molecule has 6 nitrogen and oxygen atoms in total. The Labute approximate surface area is 160 Å². The molecule has 3 rings (SSSR count). The molecule has 2 aromatic rings. The van der Waals surface area contributed by atoms with Crippen LogP contribution in [0.2, 0.25) is 0 Å². The highest BCUT2D eigenvalue weighted by molar-refractivity contribution is 5.81. The van der Waals surface area contributed by atoms with E-state index >= 15 is 0 Å². The van der Waals surface area contributed by atoms with Crippen molar-refractivity contribution in [3.05, 3.63) is 66.2 Å². The summed E-state index contributed by atoms with van der Waals surface area (Å²) in [4.78, 5) is 28.4. The summed E-state index contributed by atoms with van der Waals surface area (Å²) in [5.74, 6) is 0.108. The lowest BCUT2D eigenvalue weighted by Gasteiger charge is -2.34. The van der Waals surface area contributed by atoms with Crippen molar-refractivity contribution < 1.29 is 9.59 Å². The average molecular weight is 366 g/mol. The standard InChI is InChI=1S/C21H26N4O2/c26-20(23-15-18-7-3-1-4-8-18)17-24-11-13-25(14-12-24)21(27)16-22-19-9-5-2-6-10-19/h1-10,22H,11-17H2,(H,23,26). The minimum absolute atomic E-state index is 0.0179. The van der Waals surface area contributed by atoms with Gasteiger partial charge in [-0.1, -0.05) is 48.5 Å². The molecule has 0 radical (unpaired) electrons. The maximum absolute atomic E-state index is 12.3. The minimum atomic E-state index is 0.0179. The molecule has 6 heteroatoms. The number of nitrogens with zero attached hydrogens (tertiary/aromatic N) is 2. The van der Waals surface area contributed by atoms with E-state index in [1.54, 1.807) is 0 Å². The number of hydrogen-bond donors (Lipinski definition) is 2. The Morgan fingerprint density at radius 3 is 2.15 bits per heavy atom. The molecule has 1 saturated heterocycles. The number of amides is 2. The zero-order valence-corrected chi connectivity index (χ0v) is 15.4. The van der Waals surface area contributed by atoms with Gasteiger partial charge >= 0.3 is 0 Å². The molecule has 2 aromatic carbocycles. The van der Waals surface area contributed by atoms with Crippen molar-refractivity contribution in [2.75, 3.05) is 44.6 Å². The number of para-hydroxylation sites is 1. The molecular weight excluding hydrogens is 340 g/mol. The van der Waals surface area contributed by atoms with Crippen LogP contribution in [0, 0.1) is 0 Å². The van der Waals surface area contributed by atoms with Gasteiger partial charge in [0.05, 0.1) is 13.1 Å². The zero-order valence-electron chi connectivity index (χ0n) is 15.4. The zero-order chi connectivity index (χ0) is 18.9. The first-order valence-corrected chi connectivity index (χ1v) is 9.30. The summed E-state index contributed by atoms with van der Waals surface area (Å²) in [5, 5.41) is 6.10. The van der Waals surface area contributed by atoms with E-state index in [-0.39, 0.29) is 11.8 Å². The van der Waals surface area contributed by atoms with E-state index < -0.39 is 0 Å². The summed E-state index contributed by atoms with van der Waals surface area (Å²) < 4.78 is 0. The molecule has 0 bridgehead atoms. The molecule has 2 amide bonds. The highest BCUT2D eigenvalue weighted by Crippen LogP contribution is 2.06. The van der Waals surface area contributed by atoms with Crippen LogP contribution in [0.25, 0.3) is 0 Å². The van der Waals surface area contributed by atoms with E-state index in [9.17, 15) is 9.59 Å². The predicted octanol–water partition coefficient (Wildman–Crippen LogP) is 1.56. The molecule has 0 unspecified atom stereocenters.